The highest BCUT2D eigenvalue weighted by molar-refractivity contribution is 5.99. The summed E-state index contributed by atoms with van der Waals surface area (Å²) in [4.78, 5) is 12.3. The third-order valence-corrected chi connectivity index (χ3v) is 3.36. The van der Waals surface area contributed by atoms with Crippen molar-refractivity contribution in [3.05, 3.63) is 70.5 Å². The van der Waals surface area contributed by atoms with E-state index in [0.717, 1.165) is 28.7 Å². The quantitative estimate of drug-likeness (QED) is 0.752. The molecular weight excluding hydrogens is 239 g/mol. The third-order valence-electron chi connectivity index (χ3n) is 3.36. The zero-order valence-corrected chi connectivity index (χ0v) is 11.2. The predicted molar refractivity (Wildman–Crippen MR) is 75.0 cm³/mol. The lowest BCUT2D eigenvalue weighted by atomic mass is 9.95. The molecule has 0 fully saturated rings. The second-order valence-corrected chi connectivity index (χ2v) is 4.68. The van der Waals surface area contributed by atoms with Crippen LogP contribution in [0.25, 0.3) is 0 Å². The zero-order chi connectivity index (χ0) is 13.8. The van der Waals surface area contributed by atoms with Crippen molar-refractivity contribution in [2.45, 2.75) is 26.7 Å². The second kappa shape index (κ2) is 5.79. The fourth-order valence-corrected chi connectivity index (χ4v) is 2.20. The van der Waals surface area contributed by atoms with Crippen molar-refractivity contribution in [2.75, 3.05) is 0 Å². The number of carbonyl (C=O) groups is 1. The molecule has 0 aromatic heterocycles. The lowest BCUT2D eigenvalue weighted by Gasteiger charge is -2.08. The van der Waals surface area contributed by atoms with Crippen molar-refractivity contribution in [2.24, 2.45) is 0 Å². The number of hydrogen-bond donors (Lipinski definition) is 0. The number of aryl methyl sites for hydroxylation is 2. The summed E-state index contributed by atoms with van der Waals surface area (Å²) in [6.07, 6.45) is 1.07. The average Bonchev–Trinajstić information content (AvgIpc) is 2.42. The minimum Gasteiger partial charge on any atom is -0.294 e. The van der Waals surface area contributed by atoms with Gasteiger partial charge in [-0.1, -0.05) is 37.3 Å². The molecule has 2 aromatic rings. The molecule has 19 heavy (non-hydrogen) atoms. The van der Waals surface area contributed by atoms with Crippen molar-refractivity contribution in [1.29, 1.82) is 0 Å². The van der Waals surface area contributed by atoms with Gasteiger partial charge in [-0.3, -0.25) is 4.79 Å². The first kappa shape index (κ1) is 13.5. The van der Waals surface area contributed by atoms with E-state index in [0.29, 0.717) is 0 Å². The van der Waals surface area contributed by atoms with Gasteiger partial charge in [-0.05, 0) is 42.2 Å². The summed E-state index contributed by atoms with van der Waals surface area (Å²) < 4.78 is 13.2. The Kier molecular flexibility index (Phi) is 4.10. The lowest BCUT2D eigenvalue weighted by molar-refractivity contribution is 0.0992. The molecule has 2 aromatic carbocycles. The van der Waals surface area contributed by atoms with Gasteiger partial charge < -0.3 is 0 Å². The Labute approximate surface area is 113 Å². The van der Waals surface area contributed by atoms with E-state index in [1.165, 1.54) is 12.1 Å². The van der Waals surface area contributed by atoms with Crippen LogP contribution in [0, 0.1) is 12.7 Å². The molecule has 2 heteroatoms. The molecule has 0 aliphatic heterocycles. The van der Waals surface area contributed by atoms with Crippen molar-refractivity contribution in [3.8, 4) is 0 Å². The fourth-order valence-electron chi connectivity index (χ4n) is 2.20. The van der Waals surface area contributed by atoms with Crippen LogP contribution < -0.4 is 0 Å². The molecule has 0 amide bonds. The van der Waals surface area contributed by atoms with Crippen LogP contribution in [0.3, 0.4) is 0 Å². The van der Waals surface area contributed by atoms with Gasteiger partial charge in [0.05, 0.1) is 0 Å². The molecule has 1 nitrogen and oxygen atoms in total. The monoisotopic (exact) mass is 256 g/mol. The Bertz CT molecular complexity index is 602. The lowest BCUT2D eigenvalue weighted by Crippen LogP contribution is -2.08. The molecular formula is C17H17FO. The van der Waals surface area contributed by atoms with Crippen LogP contribution in [0.2, 0.25) is 0 Å². The Hall–Kier alpha value is -1.96. The molecule has 0 radical (unpaired) electrons. The molecule has 0 unspecified atom stereocenters. The summed E-state index contributed by atoms with van der Waals surface area (Å²) in [6, 6.07) is 12.2. The minimum absolute atomic E-state index is 0.0474. The molecule has 0 N–H and O–H groups in total. The maximum atomic E-state index is 13.2. The topological polar surface area (TPSA) is 17.1 Å². The Morgan fingerprint density at radius 2 is 1.84 bits per heavy atom. The number of rotatable bonds is 4. The van der Waals surface area contributed by atoms with Gasteiger partial charge in [-0.15, -0.1) is 0 Å². The molecule has 2 rings (SSSR count). The van der Waals surface area contributed by atoms with Crippen LogP contribution >= 0.6 is 0 Å². The molecule has 0 aliphatic rings. The fraction of sp³-hybridized carbons (Fsp3) is 0.235. The van der Waals surface area contributed by atoms with Gasteiger partial charge in [0.2, 0.25) is 0 Å². The molecule has 0 spiro atoms. The molecule has 0 saturated carbocycles. The minimum atomic E-state index is -0.294. The number of Topliss-reactive ketones (excluding diaryl/α,β-unsaturated/α-hetero) is 1. The molecule has 0 atom stereocenters. The Balaban J connectivity index is 2.28. The largest absolute Gasteiger partial charge is 0.294 e. The van der Waals surface area contributed by atoms with Gasteiger partial charge in [-0.2, -0.15) is 0 Å². The van der Waals surface area contributed by atoms with E-state index in [-0.39, 0.29) is 18.0 Å². The highest BCUT2D eigenvalue weighted by atomic mass is 19.1. The summed E-state index contributed by atoms with van der Waals surface area (Å²) in [5, 5.41) is 0. The van der Waals surface area contributed by atoms with Gasteiger partial charge in [0, 0.05) is 12.0 Å². The number of halogens is 1. The van der Waals surface area contributed by atoms with Crippen molar-refractivity contribution < 1.29 is 9.18 Å². The summed E-state index contributed by atoms with van der Waals surface area (Å²) in [5.41, 5.74) is 3.50. The highest BCUT2D eigenvalue weighted by Gasteiger charge is 2.12. The van der Waals surface area contributed by atoms with Crippen LogP contribution in [-0.4, -0.2) is 5.78 Å². The van der Waals surface area contributed by atoms with Gasteiger partial charge >= 0.3 is 0 Å². The van der Waals surface area contributed by atoms with Crippen molar-refractivity contribution in [3.63, 3.8) is 0 Å². The second-order valence-electron chi connectivity index (χ2n) is 4.68. The number of hydrogen-bond acceptors (Lipinski definition) is 1. The van der Waals surface area contributed by atoms with Crippen LogP contribution in [0.1, 0.15) is 34.0 Å². The SMILES string of the molecule is CCc1ccccc1C(=O)Cc1cc(F)ccc1C. The number of ketones is 1. The van der Waals surface area contributed by atoms with Crippen LogP contribution in [0.15, 0.2) is 42.5 Å². The first-order chi connectivity index (χ1) is 9.11. The normalized spacial score (nSPS) is 10.5. The standard InChI is InChI=1S/C17H17FO/c1-3-13-6-4-5-7-16(13)17(19)11-14-10-15(18)9-8-12(14)2/h4-10H,3,11H2,1-2H3. The van der Waals surface area contributed by atoms with E-state index in [1.54, 1.807) is 6.07 Å². The van der Waals surface area contributed by atoms with Crippen LogP contribution in [0.4, 0.5) is 4.39 Å². The van der Waals surface area contributed by atoms with E-state index in [2.05, 4.69) is 0 Å². The molecule has 0 bridgehead atoms. The first-order valence-electron chi connectivity index (χ1n) is 6.48. The van der Waals surface area contributed by atoms with Crippen LogP contribution in [0.5, 0.6) is 0 Å². The maximum absolute atomic E-state index is 13.2. The van der Waals surface area contributed by atoms with Gasteiger partial charge in [0.1, 0.15) is 5.82 Å². The Morgan fingerprint density at radius 1 is 1.11 bits per heavy atom. The van der Waals surface area contributed by atoms with Crippen LogP contribution in [-0.2, 0) is 12.8 Å². The van der Waals surface area contributed by atoms with Gasteiger partial charge in [0.25, 0.3) is 0 Å². The maximum Gasteiger partial charge on any atom is 0.167 e. The average molecular weight is 256 g/mol. The zero-order valence-electron chi connectivity index (χ0n) is 11.2. The summed E-state index contributed by atoms with van der Waals surface area (Å²) >= 11 is 0. The van der Waals surface area contributed by atoms with Crippen molar-refractivity contribution >= 4 is 5.78 Å². The van der Waals surface area contributed by atoms with Crippen molar-refractivity contribution in [1.82, 2.24) is 0 Å². The molecule has 0 aliphatic carbocycles. The smallest absolute Gasteiger partial charge is 0.167 e. The summed E-state index contributed by atoms with van der Waals surface area (Å²) in [7, 11) is 0. The molecule has 0 saturated heterocycles. The summed E-state index contributed by atoms with van der Waals surface area (Å²) in [5.74, 6) is -0.247. The summed E-state index contributed by atoms with van der Waals surface area (Å²) in [6.45, 7) is 3.92. The predicted octanol–water partition coefficient (Wildman–Crippen LogP) is 4.12. The number of benzene rings is 2. The number of carbonyl (C=O) groups excluding carboxylic acids is 1. The van der Waals surface area contributed by atoms with E-state index in [4.69, 9.17) is 0 Å². The van der Waals surface area contributed by atoms with E-state index >= 15 is 0 Å². The van der Waals surface area contributed by atoms with Gasteiger partial charge in [-0.25, -0.2) is 4.39 Å². The highest BCUT2D eigenvalue weighted by Crippen LogP contribution is 2.16. The Morgan fingerprint density at radius 3 is 2.58 bits per heavy atom. The molecule has 98 valence electrons. The van der Waals surface area contributed by atoms with E-state index in [9.17, 15) is 9.18 Å². The van der Waals surface area contributed by atoms with E-state index in [1.807, 2.05) is 38.1 Å². The van der Waals surface area contributed by atoms with Gasteiger partial charge in [0.15, 0.2) is 5.78 Å². The molecule has 0 heterocycles. The third kappa shape index (κ3) is 3.08. The first-order valence-corrected chi connectivity index (χ1v) is 6.48. The van der Waals surface area contributed by atoms with E-state index < -0.39 is 0 Å².